The SMILES string of the molecule is C=C(CC(C)(C)C)Nc1cncc(-c2ccc3[nH]nc(-c4cc5c(-c6ccccc6F)nccc5[nH]4)c3n2)c1. The Morgan fingerprint density at radius 2 is 1.85 bits per heavy atom. The van der Waals surface area contributed by atoms with Crippen LogP contribution in [0.2, 0.25) is 0 Å². The van der Waals surface area contributed by atoms with Crippen LogP contribution in [0, 0.1) is 11.2 Å². The Bertz CT molecular complexity index is 1840. The summed E-state index contributed by atoms with van der Waals surface area (Å²) in [4.78, 5) is 17.3. The van der Waals surface area contributed by atoms with Crippen LogP contribution in [-0.4, -0.2) is 30.1 Å². The molecule has 0 radical (unpaired) electrons. The topological polar surface area (TPSA) is 95.2 Å². The van der Waals surface area contributed by atoms with Crippen LogP contribution in [0.1, 0.15) is 27.2 Å². The Balaban J connectivity index is 1.37. The number of anilines is 1. The lowest BCUT2D eigenvalue weighted by Gasteiger charge is -2.20. The number of hydrogen-bond acceptors (Lipinski definition) is 5. The molecule has 0 fully saturated rings. The molecule has 0 saturated heterocycles. The van der Waals surface area contributed by atoms with Crippen LogP contribution in [0.25, 0.3) is 55.8 Å². The lowest BCUT2D eigenvalue weighted by molar-refractivity contribution is 0.411. The number of nitrogens with zero attached hydrogens (tertiary/aromatic N) is 4. The van der Waals surface area contributed by atoms with Crippen molar-refractivity contribution < 1.29 is 4.39 Å². The van der Waals surface area contributed by atoms with Gasteiger partial charge in [0, 0.05) is 40.1 Å². The van der Waals surface area contributed by atoms with Gasteiger partial charge in [-0.25, -0.2) is 9.37 Å². The minimum Gasteiger partial charge on any atom is -0.358 e. The second-order valence-electron chi connectivity index (χ2n) is 10.9. The fraction of sp³-hybridized carbons (Fsp3) is 0.161. The third-order valence-electron chi connectivity index (χ3n) is 6.44. The van der Waals surface area contributed by atoms with Crippen LogP contribution in [0.15, 0.2) is 85.5 Å². The fourth-order valence-electron chi connectivity index (χ4n) is 4.83. The standard InChI is InChI=1S/C31H28FN7/c1-18(15-31(2,3)4)35-20-13-19(16-33-17-20)24-9-10-26-29(37-24)30(39-38-26)27-14-22-25(36-27)11-12-34-28(22)21-7-5-6-8-23(21)32/h5-14,16-17,35-36H,1,15H2,2-4H3,(H,38,39). The van der Waals surface area contributed by atoms with Gasteiger partial charge in [0.1, 0.15) is 17.0 Å². The number of aromatic amines is 2. The van der Waals surface area contributed by atoms with Crippen molar-refractivity contribution >= 4 is 27.6 Å². The number of H-pyrrole nitrogens is 2. The summed E-state index contributed by atoms with van der Waals surface area (Å²) < 4.78 is 14.6. The maximum atomic E-state index is 14.6. The summed E-state index contributed by atoms with van der Waals surface area (Å²) in [6.45, 7) is 10.7. The molecular formula is C31H28FN7. The van der Waals surface area contributed by atoms with E-state index in [4.69, 9.17) is 4.98 Å². The number of hydrogen-bond donors (Lipinski definition) is 3. The quantitative estimate of drug-likeness (QED) is 0.210. The Morgan fingerprint density at radius 3 is 2.67 bits per heavy atom. The summed E-state index contributed by atoms with van der Waals surface area (Å²) in [6, 6.07) is 16.4. The van der Waals surface area contributed by atoms with E-state index in [1.807, 2.05) is 30.3 Å². The summed E-state index contributed by atoms with van der Waals surface area (Å²) in [6.07, 6.45) is 6.10. The Morgan fingerprint density at radius 1 is 1.00 bits per heavy atom. The molecule has 0 bridgehead atoms. The highest BCUT2D eigenvalue weighted by Gasteiger charge is 2.17. The zero-order valence-electron chi connectivity index (χ0n) is 22.0. The van der Waals surface area contributed by atoms with Gasteiger partial charge in [-0.3, -0.25) is 15.1 Å². The number of nitrogens with one attached hydrogen (secondary N) is 3. The molecule has 6 rings (SSSR count). The molecule has 0 unspecified atom stereocenters. The molecule has 8 heteroatoms. The third-order valence-corrected chi connectivity index (χ3v) is 6.44. The Labute approximate surface area is 225 Å². The van der Waals surface area contributed by atoms with Crippen molar-refractivity contribution in [1.29, 1.82) is 0 Å². The largest absolute Gasteiger partial charge is 0.358 e. The molecule has 194 valence electrons. The first-order valence-electron chi connectivity index (χ1n) is 12.7. The van der Waals surface area contributed by atoms with Gasteiger partial charge in [0.05, 0.1) is 34.5 Å². The van der Waals surface area contributed by atoms with Crippen molar-refractivity contribution in [2.45, 2.75) is 27.2 Å². The third kappa shape index (κ3) is 4.88. The van der Waals surface area contributed by atoms with Crippen LogP contribution >= 0.6 is 0 Å². The molecule has 0 aliphatic rings. The first kappa shape index (κ1) is 24.5. The van der Waals surface area contributed by atoms with Gasteiger partial charge in [-0.15, -0.1) is 0 Å². The first-order valence-corrected chi connectivity index (χ1v) is 12.7. The highest BCUT2D eigenvalue weighted by Crippen LogP contribution is 2.34. The van der Waals surface area contributed by atoms with Crippen LogP contribution in [0.4, 0.5) is 10.1 Å². The van der Waals surface area contributed by atoms with Crippen LogP contribution < -0.4 is 5.32 Å². The molecule has 3 N–H and O–H groups in total. The number of allylic oxidation sites excluding steroid dienone is 1. The predicted molar refractivity (Wildman–Crippen MR) is 154 cm³/mol. The van der Waals surface area contributed by atoms with E-state index in [2.05, 4.69) is 57.8 Å². The molecule has 39 heavy (non-hydrogen) atoms. The summed E-state index contributed by atoms with van der Waals surface area (Å²) >= 11 is 0. The van der Waals surface area contributed by atoms with Gasteiger partial charge in [0.25, 0.3) is 0 Å². The molecule has 5 heterocycles. The van der Waals surface area contributed by atoms with E-state index in [1.54, 1.807) is 36.8 Å². The minimum atomic E-state index is -0.316. The molecule has 0 aliphatic carbocycles. The molecule has 0 spiro atoms. The average molecular weight is 518 g/mol. The first-order chi connectivity index (χ1) is 18.7. The van der Waals surface area contributed by atoms with Crippen molar-refractivity contribution in [2.75, 3.05) is 5.32 Å². The van der Waals surface area contributed by atoms with Gasteiger partial charge in [-0.1, -0.05) is 39.5 Å². The summed E-state index contributed by atoms with van der Waals surface area (Å²) in [5.74, 6) is -0.316. The van der Waals surface area contributed by atoms with Gasteiger partial charge in [-0.05, 0) is 54.3 Å². The van der Waals surface area contributed by atoms with Crippen LogP contribution in [-0.2, 0) is 0 Å². The van der Waals surface area contributed by atoms with Crippen molar-refractivity contribution in [3.63, 3.8) is 0 Å². The molecule has 0 aliphatic heterocycles. The van der Waals surface area contributed by atoms with Gasteiger partial charge >= 0.3 is 0 Å². The van der Waals surface area contributed by atoms with Crippen LogP contribution in [0.3, 0.4) is 0 Å². The summed E-state index contributed by atoms with van der Waals surface area (Å²) in [5.41, 5.74) is 8.39. The zero-order valence-corrected chi connectivity index (χ0v) is 22.0. The van der Waals surface area contributed by atoms with Crippen molar-refractivity contribution in [2.24, 2.45) is 5.41 Å². The van der Waals surface area contributed by atoms with E-state index in [-0.39, 0.29) is 11.2 Å². The van der Waals surface area contributed by atoms with E-state index in [0.717, 1.165) is 56.7 Å². The molecule has 0 atom stereocenters. The number of rotatable bonds is 6. The highest BCUT2D eigenvalue weighted by molar-refractivity contribution is 5.99. The smallest absolute Gasteiger partial charge is 0.135 e. The maximum Gasteiger partial charge on any atom is 0.135 e. The summed E-state index contributed by atoms with van der Waals surface area (Å²) in [7, 11) is 0. The van der Waals surface area contributed by atoms with E-state index in [9.17, 15) is 4.39 Å². The molecule has 0 saturated carbocycles. The number of aromatic nitrogens is 6. The van der Waals surface area contributed by atoms with Crippen molar-refractivity contribution in [1.82, 2.24) is 30.1 Å². The van der Waals surface area contributed by atoms with E-state index in [0.29, 0.717) is 17.0 Å². The van der Waals surface area contributed by atoms with E-state index >= 15 is 0 Å². The number of halogens is 1. The highest BCUT2D eigenvalue weighted by atomic mass is 19.1. The summed E-state index contributed by atoms with van der Waals surface area (Å²) in [5, 5.41) is 11.8. The zero-order chi connectivity index (χ0) is 27.1. The van der Waals surface area contributed by atoms with Crippen LogP contribution in [0.5, 0.6) is 0 Å². The van der Waals surface area contributed by atoms with Gasteiger partial charge in [-0.2, -0.15) is 5.10 Å². The lowest BCUT2D eigenvalue weighted by Crippen LogP contribution is -2.10. The molecule has 6 aromatic rings. The Hall–Kier alpha value is -4.85. The van der Waals surface area contributed by atoms with Crippen molar-refractivity contribution in [3.8, 4) is 33.9 Å². The fourth-order valence-corrected chi connectivity index (χ4v) is 4.83. The number of fused-ring (bicyclic) bond motifs is 2. The molecule has 7 nitrogen and oxygen atoms in total. The van der Waals surface area contributed by atoms with Gasteiger partial charge < -0.3 is 10.3 Å². The molecular weight excluding hydrogens is 489 g/mol. The second-order valence-corrected chi connectivity index (χ2v) is 10.9. The van der Waals surface area contributed by atoms with E-state index in [1.165, 1.54) is 6.07 Å². The number of pyridine rings is 3. The molecule has 0 amide bonds. The van der Waals surface area contributed by atoms with Gasteiger partial charge in [0.15, 0.2) is 0 Å². The Kier molecular flexibility index (Phi) is 5.95. The predicted octanol–water partition coefficient (Wildman–Crippen LogP) is 7.73. The van der Waals surface area contributed by atoms with E-state index < -0.39 is 0 Å². The number of benzene rings is 1. The average Bonchev–Trinajstić information content (AvgIpc) is 3.51. The van der Waals surface area contributed by atoms with Crippen molar-refractivity contribution in [3.05, 3.63) is 91.3 Å². The normalized spacial score (nSPS) is 11.8. The minimum absolute atomic E-state index is 0.133. The molecule has 1 aromatic carbocycles. The lowest BCUT2D eigenvalue weighted by atomic mass is 9.91. The monoisotopic (exact) mass is 517 g/mol. The second kappa shape index (κ2) is 9.47. The molecule has 5 aromatic heterocycles. The maximum absolute atomic E-state index is 14.6. The van der Waals surface area contributed by atoms with Gasteiger partial charge in [0.2, 0.25) is 0 Å².